The molecule has 3 rings (SSSR count). The summed E-state index contributed by atoms with van der Waals surface area (Å²) in [6, 6.07) is 5.77. The molecule has 2 saturated heterocycles. The number of amides is 2. The first-order valence-corrected chi connectivity index (χ1v) is 9.64. The van der Waals surface area contributed by atoms with E-state index in [0.717, 1.165) is 0 Å². The maximum Gasteiger partial charge on any atom is 0.243 e. The van der Waals surface area contributed by atoms with Crippen LogP contribution >= 0.6 is 11.6 Å². The van der Waals surface area contributed by atoms with Gasteiger partial charge in [-0.25, -0.2) is 8.42 Å². The van der Waals surface area contributed by atoms with Crippen LogP contribution in [0.3, 0.4) is 0 Å². The first-order chi connectivity index (χ1) is 10.9. The number of anilines is 1. The van der Waals surface area contributed by atoms with Crippen LogP contribution in [0.15, 0.2) is 24.3 Å². The number of halogens is 1. The van der Waals surface area contributed by atoms with Crippen LogP contribution in [0.25, 0.3) is 0 Å². The van der Waals surface area contributed by atoms with Crippen molar-refractivity contribution in [3.05, 3.63) is 29.3 Å². The molecule has 0 radical (unpaired) electrons. The Hall–Kier alpha value is -1.60. The Balaban J connectivity index is 1.74. The van der Waals surface area contributed by atoms with Crippen molar-refractivity contribution in [3.63, 3.8) is 0 Å². The van der Waals surface area contributed by atoms with Crippen LogP contribution in [-0.2, 0) is 19.4 Å². The lowest BCUT2D eigenvalue weighted by Gasteiger charge is -2.25. The minimum atomic E-state index is -3.06. The van der Waals surface area contributed by atoms with Crippen molar-refractivity contribution < 1.29 is 18.0 Å². The van der Waals surface area contributed by atoms with Gasteiger partial charge in [0.1, 0.15) is 6.04 Å². The molecule has 2 fully saturated rings. The summed E-state index contributed by atoms with van der Waals surface area (Å²) in [5.74, 6) is -0.345. The highest BCUT2D eigenvalue weighted by molar-refractivity contribution is 7.91. The lowest BCUT2D eigenvalue weighted by atomic mass is 10.1. The van der Waals surface area contributed by atoms with Crippen LogP contribution in [0, 0.1) is 0 Å². The summed E-state index contributed by atoms with van der Waals surface area (Å²) in [5.41, 5.74) is 0.621. The van der Waals surface area contributed by atoms with Crippen molar-refractivity contribution in [2.75, 3.05) is 16.4 Å². The van der Waals surface area contributed by atoms with Crippen molar-refractivity contribution >= 4 is 38.9 Å². The number of carbonyl (C=O) groups is 2. The number of benzene rings is 1. The highest BCUT2D eigenvalue weighted by Crippen LogP contribution is 2.28. The van der Waals surface area contributed by atoms with Crippen molar-refractivity contribution in [1.29, 1.82) is 0 Å². The van der Waals surface area contributed by atoms with Gasteiger partial charge in [0.15, 0.2) is 9.84 Å². The summed E-state index contributed by atoms with van der Waals surface area (Å²) in [7, 11) is -3.06. The summed E-state index contributed by atoms with van der Waals surface area (Å²) < 4.78 is 23.0. The maximum absolute atomic E-state index is 12.5. The fourth-order valence-electron chi connectivity index (χ4n) is 3.06. The molecule has 2 amide bonds. The molecule has 2 heterocycles. The zero-order valence-electron chi connectivity index (χ0n) is 12.4. The average Bonchev–Trinajstić information content (AvgIpc) is 3.02. The Morgan fingerprint density at radius 1 is 1.22 bits per heavy atom. The molecular weight excluding hydrogens is 340 g/mol. The quantitative estimate of drug-likeness (QED) is 0.880. The normalized spacial score (nSPS) is 26.5. The monoisotopic (exact) mass is 356 g/mol. The topological polar surface area (TPSA) is 83.5 Å². The van der Waals surface area contributed by atoms with E-state index < -0.39 is 15.9 Å². The van der Waals surface area contributed by atoms with Crippen molar-refractivity contribution in [2.45, 2.75) is 31.3 Å². The predicted octanol–water partition coefficient (Wildman–Crippen LogP) is 1.14. The fourth-order valence-corrected chi connectivity index (χ4v) is 4.86. The molecule has 6 nitrogen and oxygen atoms in total. The number of rotatable bonds is 3. The SMILES string of the molecule is O=C(NC1CCS(=O)(=O)C1)C1CCC(=O)N1c1ccc(Cl)cc1. The van der Waals surface area contributed by atoms with E-state index in [1.54, 1.807) is 24.3 Å². The standard InChI is InChI=1S/C15H17ClN2O4S/c16-10-1-3-12(4-2-10)18-13(5-6-14(18)19)15(20)17-11-7-8-23(21,22)9-11/h1-4,11,13H,5-9H2,(H,17,20). The molecule has 23 heavy (non-hydrogen) atoms. The van der Waals surface area contributed by atoms with Gasteiger partial charge in [0.05, 0.1) is 11.5 Å². The number of hydrogen-bond donors (Lipinski definition) is 1. The average molecular weight is 357 g/mol. The van der Waals surface area contributed by atoms with E-state index >= 15 is 0 Å². The Morgan fingerprint density at radius 3 is 2.52 bits per heavy atom. The second-order valence-electron chi connectivity index (χ2n) is 5.90. The zero-order valence-corrected chi connectivity index (χ0v) is 13.9. The number of sulfone groups is 1. The summed E-state index contributed by atoms with van der Waals surface area (Å²) in [5, 5.41) is 3.32. The van der Waals surface area contributed by atoms with Crippen molar-refractivity contribution in [1.82, 2.24) is 5.32 Å². The molecule has 1 N–H and O–H groups in total. The molecule has 8 heteroatoms. The van der Waals surface area contributed by atoms with Gasteiger partial charge in [-0.2, -0.15) is 0 Å². The highest BCUT2D eigenvalue weighted by Gasteiger charge is 2.39. The van der Waals surface area contributed by atoms with E-state index in [-0.39, 0.29) is 29.4 Å². The van der Waals surface area contributed by atoms with E-state index in [0.29, 0.717) is 30.0 Å². The second kappa shape index (κ2) is 6.13. The van der Waals surface area contributed by atoms with E-state index in [1.165, 1.54) is 4.90 Å². The third-order valence-corrected chi connectivity index (χ3v) is 6.22. The highest BCUT2D eigenvalue weighted by atomic mass is 35.5. The smallest absolute Gasteiger partial charge is 0.243 e. The molecular formula is C15H17ClN2O4S. The molecule has 0 aliphatic carbocycles. The summed E-state index contributed by atoms with van der Waals surface area (Å²) in [6.45, 7) is 0. The van der Waals surface area contributed by atoms with Crippen LogP contribution in [0.1, 0.15) is 19.3 Å². The summed E-state index contributed by atoms with van der Waals surface area (Å²) in [4.78, 5) is 26.1. The third-order valence-electron chi connectivity index (χ3n) is 4.20. The molecule has 2 aliphatic rings. The van der Waals surface area contributed by atoms with Gasteiger partial charge in [-0.05, 0) is 37.1 Å². The van der Waals surface area contributed by atoms with Crippen LogP contribution in [0.2, 0.25) is 5.02 Å². The van der Waals surface area contributed by atoms with Gasteiger partial charge in [-0.1, -0.05) is 11.6 Å². The number of hydrogen-bond acceptors (Lipinski definition) is 4. The summed E-state index contributed by atoms with van der Waals surface area (Å²) in [6.07, 6.45) is 1.14. The number of nitrogens with one attached hydrogen (secondary N) is 1. The fraction of sp³-hybridized carbons (Fsp3) is 0.467. The molecule has 1 aromatic carbocycles. The van der Waals surface area contributed by atoms with Gasteiger partial charge in [-0.3, -0.25) is 14.5 Å². The minimum Gasteiger partial charge on any atom is -0.351 e. The molecule has 0 aromatic heterocycles. The van der Waals surface area contributed by atoms with E-state index in [2.05, 4.69) is 5.32 Å². The number of carbonyl (C=O) groups excluding carboxylic acids is 2. The molecule has 1 aromatic rings. The number of nitrogens with zero attached hydrogens (tertiary/aromatic N) is 1. The minimum absolute atomic E-state index is 0.0274. The van der Waals surface area contributed by atoms with Crippen LogP contribution in [-0.4, -0.2) is 43.8 Å². The summed E-state index contributed by atoms with van der Waals surface area (Å²) >= 11 is 5.85. The van der Waals surface area contributed by atoms with Crippen LogP contribution in [0.4, 0.5) is 5.69 Å². The van der Waals surface area contributed by atoms with Crippen molar-refractivity contribution in [3.8, 4) is 0 Å². The zero-order chi connectivity index (χ0) is 16.6. The van der Waals surface area contributed by atoms with Gasteiger partial charge >= 0.3 is 0 Å². The first kappa shape index (κ1) is 16.3. The van der Waals surface area contributed by atoms with E-state index in [4.69, 9.17) is 11.6 Å². The Morgan fingerprint density at radius 2 is 1.91 bits per heavy atom. The predicted molar refractivity (Wildman–Crippen MR) is 87.2 cm³/mol. The lowest BCUT2D eigenvalue weighted by Crippen LogP contribution is -2.48. The van der Waals surface area contributed by atoms with Crippen LogP contribution in [0.5, 0.6) is 0 Å². The Labute approximate surface area is 139 Å². The molecule has 0 spiro atoms. The van der Waals surface area contributed by atoms with Gasteiger partial charge in [0, 0.05) is 23.2 Å². The van der Waals surface area contributed by atoms with Crippen molar-refractivity contribution in [2.24, 2.45) is 0 Å². The lowest BCUT2D eigenvalue weighted by molar-refractivity contribution is -0.124. The largest absolute Gasteiger partial charge is 0.351 e. The third kappa shape index (κ3) is 3.50. The second-order valence-corrected chi connectivity index (χ2v) is 8.57. The molecule has 0 bridgehead atoms. The van der Waals surface area contributed by atoms with E-state index in [1.807, 2.05) is 0 Å². The molecule has 124 valence electrons. The van der Waals surface area contributed by atoms with Crippen LogP contribution < -0.4 is 10.2 Å². The van der Waals surface area contributed by atoms with E-state index in [9.17, 15) is 18.0 Å². The molecule has 2 atom stereocenters. The Kier molecular flexibility index (Phi) is 4.33. The first-order valence-electron chi connectivity index (χ1n) is 7.44. The maximum atomic E-state index is 12.5. The molecule has 0 saturated carbocycles. The Bertz CT molecular complexity index is 732. The molecule has 2 unspecified atom stereocenters. The van der Waals surface area contributed by atoms with Gasteiger partial charge in [0.25, 0.3) is 0 Å². The van der Waals surface area contributed by atoms with Gasteiger partial charge in [0.2, 0.25) is 11.8 Å². The molecule has 2 aliphatic heterocycles. The van der Waals surface area contributed by atoms with Gasteiger partial charge < -0.3 is 5.32 Å². The van der Waals surface area contributed by atoms with Gasteiger partial charge in [-0.15, -0.1) is 0 Å².